The Morgan fingerprint density at radius 1 is 1.20 bits per heavy atom. The van der Waals surface area contributed by atoms with Crippen LogP contribution in [0.15, 0.2) is 35.2 Å². The highest BCUT2D eigenvalue weighted by molar-refractivity contribution is 8.00. The van der Waals surface area contributed by atoms with E-state index in [9.17, 15) is 14.4 Å². The van der Waals surface area contributed by atoms with Crippen LogP contribution in [0.1, 0.15) is 39.4 Å². The average molecular weight is 377 g/mol. The summed E-state index contributed by atoms with van der Waals surface area (Å²) in [6.45, 7) is 5.06. The molecule has 0 saturated carbocycles. The lowest BCUT2D eigenvalue weighted by molar-refractivity contribution is -0.113. The van der Waals surface area contributed by atoms with Crippen LogP contribution in [0.4, 0.5) is 5.00 Å². The Hall–Kier alpha value is -2.12. The third kappa shape index (κ3) is 4.93. The molecule has 132 valence electrons. The molecule has 0 unspecified atom stereocenters. The predicted octanol–water partition coefficient (Wildman–Crippen LogP) is 4.17. The van der Waals surface area contributed by atoms with E-state index < -0.39 is 5.97 Å². The van der Waals surface area contributed by atoms with Gasteiger partial charge in [-0.2, -0.15) is 0 Å². The first kappa shape index (κ1) is 19.2. The molecule has 1 amide bonds. The highest BCUT2D eigenvalue weighted by Gasteiger charge is 2.25. The van der Waals surface area contributed by atoms with Gasteiger partial charge < -0.3 is 10.1 Å². The van der Waals surface area contributed by atoms with Crippen molar-refractivity contribution in [2.75, 3.05) is 17.7 Å². The van der Waals surface area contributed by atoms with E-state index in [0.29, 0.717) is 15.4 Å². The predicted molar refractivity (Wildman–Crippen MR) is 101 cm³/mol. The van der Waals surface area contributed by atoms with E-state index in [1.54, 1.807) is 13.8 Å². The van der Waals surface area contributed by atoms with Gasteiger partial charge in [-0.05, 0) is 38.5 Å². The molecule has 0 atom stereocenters. The number of ketones is 1. The number of ether oxygens (including phenoxy) is 1. The zero-order valence-electron chi connectivity index (χ0n) is 14.3. The van der Waals surface area contributed by atoms with Gasteiger partial charge in [0.25, 0.3) is 0 Å². The lowest BCUT2D eigenvalue weighted by atomic mass is 10.1. The summed E-state index contributed by atoms with van der Waals surface area (Å²) >= 11 is 2.51. The van der Waals surface area contributed by atoms with Crippen molar-refractivity contribution in [3.63, 3.8) is 0 Å². The van der Waals surface area contributed by atoms with E-state index in [4.69, 9.17) is 4.74 Å². The number of esters is 1. The molecule has 0 radical (unpaired) electrons. The van der Waals surface area contributed by atoms with Crippen molar-refractivity contribution in [3.05, 3.63) is 46.3 Å². The number of carbonyl (C=O) groups is 3. The lowest BCUT2D eigenvalue weighted by Crippen LogP contribution is -2.16. The van der Waals surface area contributed by atoms with Crippen molar-refractivity contribution >= 4 is 45.8 Å². The average Bonchev–Trinajstić information content (AvgIpc) is 2.90. The number of carbonyl (C=O) groups excluding carboxylic acids is 3. The molecule has 0 aliphatic heterocycles. The Labute approximate surface area is 154 Å². The molecule has 5 nitrogen and oxygen atoms in total. The first-order chi connectivity index (χ1) is 11.9. The number of anilines is 1. The van der Waals surface area contributed by atoms with Gasteiger partial charge in [0, 0.05) is 4.90 Å². The quantitative estimate of drug-likeness (QED) is 0.445. The Morgan fingerprint density at radius 3 is 2.48 bits per heavy atom. The van der Waals surface area contributed by atoms with Gasteiger partial charge in [-0.15, -0.1) is 23.1 Å². The number of nitrogens with one attached hydrogen (secondary N) is 1. The fraction of sp³-hybridized carbons (Fsp3) is 0.278. The van der Waals surface area contributed by atoms with E-state index in [1.807, 2.05) is 30.3 Å². The zero-order chi connectivity index (χ0) is 18.4. The minimum atomic E-state index is -0.533. The number of benzene rings is 1. The van der Waals surface area contributed by atoms with Crippen LogP contribution in [0.2, 0.25) is 0 Å². The third-order valence-electron chi connectivity index (χ3n) is 3.31. The van der Waals surface area contributed by atoms with Crippen molar-refractivity contribution in [2.45, 2.75) is 25.7 Å². The lowest BCUT2D eigenvalue weighted by Gasteiger charge is -2.07. The molecule has 2 rings (SSSR count). The van der Waals surface area contributed by atoms with Crippen molar-refractivity contribution in [2.24, 2.45) is 0 Å². The van der Waals surface area contributed by atoms with E-state index in [-0.39, 0.29) is 29.6 Å². The summed E-state index contributed by atoms with van der Waals surface area (Å²) in [6.07, 6.45) is 0. The van der Waals surface area contributed by atoms with Gasteiger partial charge in [0.15, 0.2) is 5.78 Å². The maximum Gasteiger partial charge on any atom is 0.341 e. The van der Waals surface area contributed by atoms with Crippen molar-refractivity contribution < 1.29 is 19.1 Å². The van der Waals surface area contributed by atoms with Gasteiger partial charge in [0.05, 0.1) is 22.8 Å². The summed E-state index contributed by atoms with van der Waals surface area (Å²) in [7, 11) is 0. The fourth-order valence-electron chi connectivity index (χ4n) is 2.21. The Morgan fingerprint density at radius 2 is 1.88 bits per heavy atom. The van der Waals surface area contributed by atoms with E-state index in [2.05, 4.69) is 5.32 Å². The highest BCUT2D eigenvalue weighted by atomic mass is 32.2. The molecule has 1 aromatic heterocycles. The molecule has 0 aliphatic carbocycles. The molecule has 25 heavy (non-hydrogen) atoms. The first-order valence-corrected chi connectivity index (χ1v) is 9.53. The number of amides is 1. The maximum absolute atomic E-state index is 12.2. The highest BCUT2D eigenvalue weighted by Crippen LogP contribution is 2.34. The largest absolute Gasteiger partial charge is 0.462 e. The van der Waals surface area contributed by atoms with Crippen molar-refractivity contribution in [1.29, 1.82) is 0 Å². The summed E-state index contributed by atoms with van der Waals surface area (Å²) in [5, 5.41) is 3.10. The van der Waals surface area contributed by atoms with Gasteiger partial charge in [0.1, 0.15) is 5.00 Å². The third-order valence-corrected chi connectivity index (χ3v) is 5.63. The molecule has 0 spiro atoms. The maximum atomic E-state index is 12.2. The zero-order valence-corrected chi connectivity index (χ0v) is 15.9. The van der Waals surface area contributed by atoms with Crippen LogP contribution in [0.25, 0.3) is 0 Å². The minimum absolute atomic E-state index is 0.146. The van der Waals surface area contributed by atoms with Crippen LogP contribution in [-0.4, -0.2) is 30.0 Å². The molecule has 0 saturated heterocycles. The number of hydrogen-bond donors (Lipinski definition) is 1. The number of Topliss-reactive ketones (excluding diaryl/α,β-unsaturated/α-hetero) is 1. The number of thiophene rings is 1. The fourth-order valence-corrected chi connectivity index (χ4v) is 4.04. The molecule has 2 aromatic rings. The summed E-state index contributed by atoms with van der Waals surface area (Å²) < 4.78 is 5.05. The summed E-state index contributed by atoms with van der Waals surface area (Å²) in [5.41, 5.74) is 0.803. The van der Waals surface area contributed by atoms with Crippen molar-refractivity contribution in [3.8, 4) is 0 Å². The molecular weight excluding hydrogens is 358 g/mol. The van der Waals surface area contributed by atoms with Gasteiger partial charge in [0.2, 0.25) is 5.91 Å². The summed E-state index contributed by atoms with van der Waals surface area (Å²) in [4.78, 5) is 37.6. The standard InChI is InChI=1S/C18H19NO4S2/c1-4-23-18(22)15-11(2)16(12(3)20)25-17(15)19-14(21)10-24-13-8-6-5-7-9-13/h5-9H,4,10H2,1-3H3,(H,19,21). The second-order valence-corrected chi connectivity index (χ2v) is 7.26. The normalized spacial score (nSPS) is 10.4. The second-order valence-electron chi connectivity index (χ2n) is 5.19. The Kier molecular flexibility index (Phi) is 6.78. The van der Waals surface area contributed by atoms with E-state index >= 15 is 0 Å². The molecule has 0 bridgehead atoms. The van der Waals surface area contributed by atoms with Crippen LogP contribution >= 0.6 is 23.1 Å². The molecule has 0 aliphatic rings. The Balaban J connectivity index is 2.16. The SMILES string of the molecule is CCOC(=O)c1c(NC(=O)CSc2ccccc2)sc(C(C)=O)c1C. The minimum Gasteiger partial charge on any atom is -0.462 e. The van der Waals surface area contributed by atoms with Gasteiger partial charge in [-0.3, -0.25) is 9.59 Å². The van der Waals surface area contributed by atoms with Gasteiger partial charge in [-0.1, -0.05) is 18.2 Å². The molecular formula is C18H19NO4S2. The summed E-state index contributed by atoms with van der Waals surface area (Å²) in [5.74, 6) is -0.712. The smallest absolute Gasteiger partial charge is 0.341 e. The van der Waals surface area contributed by atoms with E-state index in [0.717, 1.165) is 16.2 Å². The van der Waals surface area contributed by atoms with Gasteiger partial charge in [-0.25, -0.2) is 4.79 Å². The molecule has 1 heterocycles. The van der Waals surface area contributed by atoms with Crippen molar-refractivity contribution in [1.82, 2.24) is 0 Å². The van der Waals surface area contributed by atoms with Crippen LogP contribution in [-0.2, 0) is 9.53 Å². The number of rotatable bonds is 7. The topological polar surface area (TPSA) is 72.5 Å². The second kappa shape index (κ2) is 8.82. The molecule has 1 N–H and O–H groups in total. The molecule has 7 heteroatoms. The number of thioether (sulfide) groups is 1. The van der Waals surface area contributed by atoms with Crippen LogP contribution < -0.4 is 5.32 Å². The first-order valence-electron chi connectivity index (χ1n) is 7.73. The Bertz CT molecular complexity index is 784. The molecule has 1 aromatic carbocycles. The number of hydrogen-bond acceptors (Lipinski definition) is 6. The van der Waals surface area contributed by atoms with Gasteiger partial charge >= 0.3 is 5.97 Å². The monoisotopic (exact) mass is 377 g/mol. The summed E-state index contributed by atoms with van der Waals surface area (Å²) in [6, 6.07) is 9.56. The van der Waals surface area contributed by atoms with Crippen LogP contribution in [0.5, 0.6) is 0 Å². The molecule has 0 fully saturated rings. The van der Waals surface area contributed by atoms with Crippen LogP contribution in [0, 0.1) is 6.92 Å². The van der Waals surface area contributed by atoms with E-state index in [1.165, 1.54) is 18.7 Å². The van der Waals surface area contributed by atoms with Crippen LogP contribution in [0.3, 0.4) is 0 Å².